The zero-order valence-electron chi connectivity index (χ0n) is 20.8. The number of aromatic nitrogens is 2. The summed E-state index contributed by atoms with van der Waals surface area (Å²) in [7, 11) is 0. The lowest BCUT2D eigenvalue weighted by molar-refractivity contribution is 0.0961. The summed E-state index contributed by atoms with van der Waals surface area (Å²) >= 11 is 0. The van der Waals surface area contributed by atoms with Gasteiger partial charge in [0.15, 0.2) is 0 Å². The molecule has 6 heteroatoms. The average molecular weight is 477 g/mol. The molecular formula is C30H28N4O2. The zero-order chi connectivity index (χ0) is 25.7. The molecule has 2 amide bonds. The van der Waals surface area contributed by atoms with E-state index in [0.717, 1.165) is 22.3 Å². The number of amides is 2. The first-order chi connectivity index (χ1) is 17.3. The van der Waals surface area contributed by atoms with Crippen molar-refractivity contribution in [2.45, 2.75) is 27.7 Å². The van der Waals surface area contributed by atoms with Crippen LogP contribution in [0.5, 0.6) is 0 Å². The summed E-state index contributed by atoms with van der Waals surface area (Å²) < 4.78 is 0. The van der Waals surface area contributed by atoms with Crippen molar-refractivity contribution in [3.8, 4) is 0 Å². The van der Waals surface area contributed by atoms with Crippen LogP contribution in [-0.2, 0) is 0 Å². The number of pyridine rings is 2. The Labute approximate surface area is 211 Å². The zero-order valence-corrected chi connectivity index (χ0v) is 20.8. The molecule has 0 radical (unpaired) electrons. The van der Waals surface area contributed by atoms with Crippen molar-refractivity contribution in [1.82, 2.24) is 20.6 Å². The number of carbonyl (C=O) groups is 2. The highest BCUT2D eigenvalue weighted by molar-refractivity contribution is 6.08. The van der Waals surface area contributed by atoms with E-state index in [1.54, 1.807) is 36.7 Å². The summed E-state index contributed by atoms with van der Waals surface area (Å²) in [4.78, 5) is 35.7. The summed E-state index contributed by atoms with van der Waals surface area (Å²) in [5.41, 5.74) is 6.67. The molecule has 2 N–H and O–H groups in total. The fourth-order valence-corrected chi connectivity index (χ4v) is 4.11. The maximum absolute atomic E-state index is 13.4. The van der Waals surface area contributed by atoms with Gasteiger partial charge in [-0.05, 0) is 76.2 Å². The van der Waals surface area contributed by atoms with Gasteiger partial charge < -0.3 is 10.6 Å². The number of aryl methyl sites for hydroxylation is 4. The minimum absolute atomic E-state index is 0.309. The van der Waals surface area contributed by atoms with E-state index in [9.17, 15) is 9.59 Å². The highest BCUT2D eigenvalue weighted by atomic mass is 16.2. The van der Waals surface area contributed by atoms with Crippen LogP contribution in [0, 0.1) is 27.7 Å². The molecule has 2 aromatic carbocycles. The number of hydrogen-bond acceptors (Lipinski definition) is 4. The van der Waals surface area contributed by atoms with Crippen molar-refractivity contribution in [3.05, 3.63) is 130 Å². The van der Waals surface area contributed by atoms with Crippen LogP contribution in [0.25, 0.3) is 11.4 Å². The second kappa shape index (κ2) is 10.8. The number of hydrogen-bond donors (Lipinski definition) is 2. The van der Waals surface area contributed by atoms with Crippen molar-refractivity contribution in [2.75, 3.05) is 0 Å². The Balaban J connectivity index is 1.85. The van der Waals surface area contributed by atoms with Crippen LogP contribution >= 0.6 is 0 Å². The Hall–Kier alpha value is -4.58. The molecule has 4 rings (SSSR count). The van der Waals surface area contributed by atoms with Gasteiger partial charge in [0, 0.05) is 23.5 Å². The molecule has 0 saturated carbocycles. The van der Waals surface area contributed by atoms with Crippen LogP contribution in [0.2, 0.25) is 0 Å². The first-order valence-corrected chi connectivity index (χ1v) is 11.7. The molecule has 180 valence electrons. The number of nitrogens with zero attached hydrogens (tertiary/aromatic N) is 2. The van der Waals surface area contributed by atoms with Crippen molar-refractivity contribution in [3.63, 3.8) is 0 Å². The van der Waals surface area contributed by atoms with Crippen LogP contribution in [0.3, 0.4) is 0 Å². The second-order valence-electron chi connectivity index (χ2n) is 8.84. The molecule has 0 aliphatic heterocycles. The molecule has 36 heavy (non-hydrogen) atoms. The highest BCUT2D eigenvalue weighted by Crippen LogP contribution is 2.22. The van der Waals surface area contributed by atoms with Gasteiger partial charge in [-0.15, -0.1) is 0 Å². The second-order valence-corrected chi connectivity index (χ2v) is 8.84. The normalized spacial score (nSPS) is 11.4. The highest BCUT2D eigenvalue weighted by Gasteiger charge is 2.21. The Morgan fingerprint density at radius 2 is 0.917 bits per heavy atom. The molecule has 0 aliphatic rings. The van der Waals surface area contributed by atoms with E-state index in [-0.39, 0.29) is 11.8 Å². The maximum atomic E-state index is 13.4. The largest absolute Gasteiger partial charge is 0.318 e. The minimum atomic E-state index is -0.309. The number of nitrogens with one attached hydrogen (secondary N) is 2. The van der Waals surface area contributed by atoms with Crippen molar-refractivity contribution < 1.29 is 9.59 Å². The quantitative estimate of drug-likeness (QED) is 0.390. The van der Waals surface area contributed by atoms with Gasteiger partial charge in [0.25, 0.3) is 11.8 Å². The van der Waals surface area contributed by atoms with Crippen LogP contribution in [-0.4, -0.2) is 21.8 Å². The van der Waals surface area contributed by atoms with Gasteiger partial charge in [0.1, 0.15) is 0 Å². The van der Waals surface area contributed by atoms with Gasteiger partial charge in [-0.25, -0.2) is 0 Å². The van der Waals surface area contributed by atoms with Crippen molar-refractivity contribution in [1.29, 1.82) is 0 Å². The molecule has 0 atom stereocenters. The van der Waals surface area contributed by atoms with Gasteiger partial charge in [-0.1, -0.05) is 46.5 Å². The summed E-state index contributed by atoms with van der Waals surface area (Å²) in [6.07, 6.45) is 3.28. The number of carbonyl (C=O) groups excluding carboxylic acids is 2. The number of rotatable bonds is 6. The lowest BCUT2D eigenvalue weighted by Crippen LogP contribution is -2.30. The van der Waals surface area contributed by atoms with E-state index < -0.39 is 0 Å². The number of benzene rings is 2. The van der Waals surface area contributed by atoms with Crippen LogP contribution in [0.15, 0.2) is 85.2 Å². The molecule has 0 bridgehead atoms. The molecule has 4 aromatic rings. The predicted molar refractivity (Wildman–Crippen MR) is 142 cm³/mol. The standard InChI is InChI=1S/C30H28N4O2/c1-19-13-20(2)16-23(15-19)29(35)33-27(25-9-5-7-11-31-25)28(26-10-6-8-12-32-26)34-30(36)24-17-21(3)14-22(4)18-24/h5-18H,1-4H3,(H,33,35)(H,34,36)/b28-27-. The molecular weight excluding hydrogens is 448 g/mol. The molecule has 2 aromatic heterocycles. The minimum Gasteiger partial charge on any atom is -0.318 e. The van der Waals surface area contributed by atoms with E-state index in [4.69, 9.17) is 0 Å². The third-order valence-corrected chi connectivity index (χ3v) is 5.54. The summed E-state index contributed by atoms with van der Waals surface area (Å²) in [6, 6.07) is 22.1. The van der Waals surface area contributed by atoms with Gasteiger partial charge in [0.05, 0.1) is 22.8 Å². The van der Waals surface area contributed by atoms with Gasteiger partial charge in [-0.3, -0.25) is 19.6 Å². The maximum Gasteiger partial charge on any atom is 0.255 e. The molecule has 2 heterocycles. The topological polar surface area (TPSA) is 84.0 Å². The van der Waals surface area contributed by atoms with E-state index in [1.165, 1.54) is 0 Å². The van der Waals surface area contributed by atoms with Crippen LogP contribution < -0.4 is 10.6 Å². The van der Waals surface area contributed by atoms with E-state index in [0.29, 0.717) is 33.9 Å². The molecule has 0 saturated heterocycles. The Morgan fingerprint density at radius 3 is 1.22 bits per heavy atom. The fourth-order valence-electron chi connectivity index (χ4n) is 4.11. The van der Waals surface area contributed by atoms with Gasteiger partial charge in [-0.2, -0.15) is 0 Å². The molecule has 0 fully saturated rings. The third-order valence-electron chi connectivity index (χ3n) is 5.54. The summed E-state index contributed by atoms with van der Waals surface area (Å²) in [5, 5.41) is 6.01. The fraction of sp³-hybridized carbons (Fsp3) is 0.133. The Morgan fingerprint density at radius 1 is 0.556 bits per heavy atom. The van der Waals surface area contributed by atoms with Gasteiger partial charge >= 0.3 is 0 Å². The van der Waals surface area contributed by atoms with Crippen molar-refractivity contribution >= 4 is 23.2 Å². The monoisotopic (exact) mass is 476 g/mol. The van der Waals surface area contributed by atoms with Crippen LogP contribution in [0.4, 0.5) is 0 Å². The Bertz CT molecular complexity index is 1290. The lowest BCUT2D eigenvalue weighted by Gasteiger charge is -2.18. The van der Waals surface area contributed by atoms with E-state index in [2.05, 4.69) is 20.6 Å². The third kappa shape index (κ3) is 5.91. The van der Waals surface area contributed by atoms with Crippen molar-refractivity contribution in [2.24, 2.45) is 0 Å². The molecule has 6 nitrogen and oxygen atoms in total. The predicted octanol–water partition coefficient (Wildman–Crippen LogP) is 5.40. The lowest BCUT2D eigenvalue weighted by atomic mass is 10.1. The van der Waals surface area contributed by atoms with E-state index in [1.807, 2.05) is 76.2 Å². The molecule has 0 aliphatic carbocycles. The summed E-state index contributed by atoms with van der Waals surface area (Å²) in [6.45, 7) is 7.79. The SMILES string of the molecule is Cc1cc(C)cc(C(=O)N/C(=C(\NC(=O)c2cc(C)cc(C)c2)c2ccccn2)c2ccccn2)c1. The van der Waals surface area contributed by atoms with Crippen LogP contribution in [0.1, 0.15) is 54.4 Å². The first-order valence-electron chi connectivity index (χ1n) is 11.7. The smallest absolute Gasteiger partial charge is 0.255 e. The Kier molecular flexibility index (Phi) is 7.35. The van der Waals surface area contributed by atoms with E-state index >= 15 is 0 Å². The molecule has 0 unspecified atom stereocenters. The average Bonchev–Trinajstić information content (AvgIpc) is 2.85. The summed E-state index contributed by atoms with van der Waals surface area (Å²) in [5.74, 6) is -0.618. The first kappa shape index (κ1) is 24.5. The van der Waals surface area contributed by atoms with Gasteiger partial charge in [0.2, 0.25) is 0 Å². The molecule has 0 spiro atoms.